The first-order chi connectivity index (χ1) is 13.1. The van der Waals surface area contributed by atoms with E-state index in [1.807, 2.05) is 50.4 Å². The zero-order valence-corrected chi connectivity index (χ0v) is 15.7. The molecule has 0 saturated carbocycles. The number of anilines is 1. The number of nitrogens with one attached hydrogen (secondary N) is 2. The molecule has 1 unspecified atom stereocenters. The van der Waals surface area contributed by atoms with Gasteiger partial charge in [-0.2, -0.15) is 0 Å². The van der Waals surface area contributed by atoms with E-state index < -0.39 is 0 Å². The first kappa shape index (κ1) is 17.5. The molecule has 27 heavy (non-hydrogen) atoms. The molecule has 140 valence electrons. The van der Waals surface area contributed by atoms with Crippen LogP contribution in [0, 0.1) is 0 Å². The van der Waals surface area contributed by atoms with Crippen molar-refractivity contribution in [1.29, 1.82) is 0 Å². The Bertz CT molecular complexity index is 977. The summed E-state index contributed by atoms with van der Waals surface area (Å²) in [5, 5.41) is 4.16. The molecule has 5 heteroatoms. The predicted octanol–water partition coefficient (Wildman–Crippen LogP) is 4.46. The van der Waals surface area contributed by atoms with Crippen LogP contribution in [0.15, 0.2) is 42.6 Å². The van der Waals surface area contributed by atoms with Crippen LogP contribution < -0.4 is 14.8 Å². The molecule has 0 fully saturated rings. The Morgan fingerprint density at radius 1 is 1.33 bits per heavy atom. The predicted molar refractivity (Wildman–Crippen MR) is 107 cm³/mol. The minimum absolute atomic E-state index is 0.0350. The Hall–Kier alpha value is -2.95. The Labute approximate surface area is 158 Å². The summed E-state index contributed by atoms with van der Waals surface area (Å²) in [5.74, 6) is 1.50. The molecule has 1 aliphatic heterocycles. The second-order valence-electron chi connectivity index (χ2n) is 6.93. The fraction of sp³-hybridized carbons (Fsp3) is 0.318. The Morgan fingerprint density at radius 3 is 3.04 bits per heavy atom. The van der Waals surface area contributed by atoms with Crippen LogP contribution in [0.1, 0.15) is 31.4 Å². The van der Waals surface area contributed by atoms with E-state index >= 15 is 0 Å². The lowest BCUT2D eigenvalue weighted by Gasteiger charge is -2.13. The largest absolute Gasteiger partial charge is 0.492 e. The summed E-state index contributed by atoms with van der Waals surface area (Å²) in [6.45, 7) is 4.53. The van der Waals surface area contributed by atoms with Crippen LogP contribution >= 0.6 is 0 Å². The Balaban J connectivity index is 1.47. The molecule has 2 N–H and O–H groups in total. The van der Waals surface area contributed by atoms with Gasteiger partial charge in [0, 0.05) is 41.6 Å². The van der Waals surface area contributed by atoms with Crippen molar-refractivity contribution in [3.05, 3.63) is 53.7 Å². The molecule has 0 radical (unpaired) electrons. The van der Waals surface area contributed by atoms with E-state index in [0.29, 0.717) is 30.9 Å². The number of hydrogen-bond acceptors (Lipinski definition) is 3. The highest BCUT2D eigenvalue weighted by atomic mass is 16.5. The lowest BCUT2D eigenvalue weighted by Crippen LogP contribution is -2.13. The smallest absolute Gasteiger partial charge is 0.224 e. The summed E-state index contributed by atoms with van der Waals surface area (Å²) in [5.41, 5.74) is 4.05. The molecule has 0 aliphatic carbocycles. The van der Waals surface area contributed by atoms with E-state index in [4.69, 9.17) is 9.47 Å². The third-order valence-corrected chi connectivity index (χ3v) is 4.87. The van der Waals surface area contributed by atoms with Gasteiger partial charge in [-0.3, -0.25) is 4.79 Å². The van der Waals surface area contributed by atoms with Gasteiger partial charge in [0.05, 0.1) is 12.3 Å². The molecule has 3 aromatic rings. The van der Waals surface area contributed by atoms with Crippen LogP contribution in [0.2, 0.25) is 0 Å². The van der Waals surface area contributed by atoms with Gasteiger partial charge in [0.15, 0.2) is 0 Å². The van der Waals surface area contributed by atoms with Gasteiger partial charge in [-0.1, -0.05) is 18.2 Å². The van der Waals surface area contributed by atoms with E-state index in [-0.39, 0.29) is 12.0 Å². The van der Waals surface area contributed by atoms with Crippen molar-refractivity contribution in [2.75, 3.05) is 11.9 Å². The molecule has 2 aromatic carbocycles. The molecule has 1 aromatic heterocycles. The number of aromatic amines is 1. The van der Waals surface area contributed by atoms with Crippen molar-refractivity contribution >= 4 is 22.5 Å². The van der Waals surface area contributed by atoms with E-state index in [2.05, 4.69) is 16.4 Å². The summed E-state index contributed by atoms with van der Waals surface area (Å²) in [7, 11) is 0. The van der Waals surface area contributed by atoms with Crippen molar-refractivity contribution in [3.8, 4) is 11.5 Å². The van der Waals surface area contributed by atoms with Crippen LogP contribution in [0.4, 0.5) is 5.69 Å². The third kappa shape index (κ3) is 3.63. The topological polar surface area (TPSA) is 63.3 Å². The standard InChI is InChI=1S/C22H24N2O3/c1-3-26-21-11-16-10-14(2)27-20(16)12-19(21)24-22(25)9-8-15-13-23-18-7-5-4-6-17(15)18/h4-7,11-14,23H,3,8-10H2,1-2H3,(H,24,25). The minimum Gasteiger partial charge on any atom is -0.492 e. The Morgan fingerprint density at radius 2 is 2.19 bits per heavy atom. The van der Waals surface area contributed by atoms with Crippen LogP contribution in [-0.2, 0) is 17.6 Å². The van der Waals surface area contributed by atoms with Gasteiger partial charge in [-0.25, -0.2) is 0 Å². The molecule has 5 nitrogen and oxygen atoms in total. The molecule has 1 aliphatic rings. The number of carbonyl (C=O) groups excluding carboxylic acids is 1. The van der Waals surface area contributed by atoms with Crippen molar-refractivity contribution < 1.29 is 14.3 Å². The van der Waals surface area contributed by atoms with Crippen molar-refractivity contribution in [1.82, 2.24) is 4.98 Å². The molecule has 1 amide bonds. The number of hydrogen-bond donors (Lipinski definition) is 2. The van der Waals surface area contributed by atoms with Gasteiger partial charge in [0.25, 0.3) is 0 Å². The average Bonchev–Trinajstić information content (AvgIpc) is 3.22. The molecule has 1 atom stereocenters. The van der Waals surface area contributed by atoms with Gasteiger partial charge < -0.3 is 19.8 Å². The van der Waals surface area contributed by atoms with Crippen molar-refractivity contribution in [3.63, 3.8) is 0 Å². The maximum absolute atomic E-state index is 12.5. The molecule has 0 bridgehead atoms. The fourth-order valence-electron chi connectivity index (χ4n) is 3.61. The number of H-pyrrole nitrogens is 1. The SMILES string of the molecule is CCOc1cc2c(cc1NC(=O)CCc1c[nH]c3ccccc13)OC(C)C2. The molecule has 4 rings (SSSR count). The normalized spacial score (nSPS) is 15.4. The van der Waals surface area contributed by atoms with E-state index in [1.165, 1.54) is 5.39 Å². The summed E-state index contributed by atoms with van der Waals surface area (Å²) in [4.78, 5) is 15.8. The highest BCUT2D eigenvalue weighted by Crippen LogP contribution is 2.38. The van der Waals surface area contributed by atoms with Crippen molar-refractivity contribution in [2.45, 2.75) is 39.2 Å². The van der Waals surface area contributed by atoms with Crippen LogP contribution in [0.5, 0.6) is 11.5 Å². The number of ether oxygens (including phenoxy) is 2. The van der Waals surface area contributed by atoms with Crippen LogP contribution in [0.3, 0.4) is 0 Å². The van der Waals surface area contributed by atoms with E-state index in [1.54, 1.807) is 0 Å². The third-order valence-electron chi connectivity index (χ3n) is 4.87. The molecule has 2 heterocycles. The highest BCUT2D eigenvalue weighted by molar-refractivity contribution is 5.93. The van der Waals surface area contributed by atoms with Gasteiger partial charge in [-0.15, -0.1) is 0 Å². The summed E-state index contributed by atoms with van der Waals surface area (Å²) < 4.78 is 11.5. The van der Waals surface area contributed by atoms with Gasteiger partial charge in [0.1, 0.15) is 17.6 Å². The molecule has 0 saturated heterocycles. The number of carbonyl (C=O) groups is 1. The second kappa shape index (κ2) is 7.35. The van der Waals surface area contributed by atoms with Crippen molar-refractivity contribution in [2.24, 2.45) is 0 Å². The number of aryl methyl sites for hydroxylation is 1. The van der Waals surface area contributed by atoms with Crippen LogP contribution in [0.25, 0.3) is 10.9 Å². The van der Waals surface area contributed by atoms with Crippen LogP contribution in [-0.4, -0.2) is 23.6 Å². The monoisotopic (exact) mass is 364 g/mol. The quantitative estimate of drug-likeness (QED) is 0.679. The summed E-state index contributed by atoms with van der Waals surface area (Å²) >= 11 is 0. The van der Waals surface area contributed by atoms with Gasteiger partial charge >= 0.3 is 0 Å². The lowest BCUT2D eigenvalue weighted by atomic mass is 10.1. The highest BCUT2D eigenvalue weighted by Gasteiger charge is 2.22. The zero-order chi connectivity index (χ0) is 18.8. The summed E-state index contributed by atoms with van der Waals surface area (Å²) in [6, 6.07) is 12.0. The fourth-order valence-corrected chi connectivity index (χ4v) is 3.61. The maximum Gasteiger partial charge on any atom is 0.224 e. The van der Waals surface area contributed by atoms with Gasteiger partial charge in [0.2, 0.25) is 5.91 Å². The number of fused-ring (bicyclic) bond motifs is 2. The minimum atomic E-state index is -0.0350. The van der Waals surface area contributed by atoms with Gasteiger partial charge in [-0.05, 0) is 38.0 Å². The molecular weight excluding hydrogens is 340 g/mol. The van der Waals surface area contributed by atoms with E-state index in [0.717, 1.165) is 28.8 Å². The first-order valence-corrected chi connectivity index (χ1v) is 9.45. The molecule has 0 spiro atoms. The average molecular weight is 364 g/mol. The Kier molecular flexibility index (Phi) is 4.75. The lowest BCUT2D eigenvalue weighted by molar-refractivity contribution is -0.116. The summed E-state index contributed by atoms with van der Waals surface area (Å²) in [6.07, 6.45) is 4.08. The second-order valence-corrected chi connectivity index (χ2v) is 6.93. The number of aromatic nitrogens is 1. The number of para-hydroxylation sites is 1. The number of amides is 1. The maximum atomic E-state index is 12.5. The van der Waals surface area contributed by atoms with E-state index in [9.17, 15) is 4.79 Å². The first-order valence-electron chi connectivity index (χ1n) is 9.45. The number of benzene rings is 2. The molecular formula is C22H24N2O3. The zero-order valence-electron chi connectivity index (χ0n) is 15.7. The number of rotatable bonds is 6.